The fraction of sp³-hybridized carbons (Fsp3) is 0.417. The summed E-state index contributed by atoms with van der Waals surface area (Å²) in [5, 5.41) is 9.47. The number of carbonyl (C=O) groups is 1. The molecule has 0 saturated carbocycles. The van der Waals surface area contributed by atoms with Gasteiger partial charge < -0.3 is 9.84 Å². The van der Waals surface area contributed by atoms with Crippen molar-refractivity contribution in [3.05, 3.63) is 27.7 Å². The number of aliphatic carboxylic acids is 1. The second kappa shape index (κ2) is 6.72. The average Bonchev–Trinajstić information content (AvgIpc) is 2.28. The number of benzene rings is 1. The molecular weight excluding hydrogens is 263 g/mol. The number of unbranched alkanes of at least 4 members (excludes halogenated alkanes) is 1. The SMILES string of the molecule is COc1cc(Cl)c(Cl)cc1CCCCC(=O)O. The second-order valence-electron chi connectivity index (χ2n) is 3.68. The van der Waals surface area contributed by atoms with E-state index in [1.54, 1.807) is 19.2 Å². The molecule has 0 unspecified atom stereocenters. The van der Waals surface area contributed by atoms with Gasteiger partial charge in [0.2, 0.25) is 0 Å². The van der Waals surface area contributed by atoms with E-state index in [1.165, 1.54) is 0 Å². The molecule has 17 heavy (non-hydrogen) atoms. The molecule has 0 heterocycles. The van der Waals surface area contributed by atoms with Crippen molar-refractivity contribution in [2.45, 2.75) is 25.7 Å². The first-order chi connectivity index (χ1) is 8.04. The van der Waals surface area contributed by atoms with Gasteiger partial charge in [-0.05, 0) is 30.9 Å². The van der Waals surface area contributed by atoms with Crippen LogP contribution in [0, 0.1) is 0 Å². The lowest BCUT2D eigenvalue weighted by Crippen LogP contribution is -1.96. The Morgan fingerprint density at radius 1 is 1.29 bits per heavy atom. The number of halogens is 2. The monoisotopic (exact) mass is 276 g/mol. The summed E-state index contributed by atoms with van der Waals surface area (Å²) >= 11 is 11.8. The van der Waals surface area contributed by atoms with E-state index >= 15 is 0 Å². The van der Waals surface area contributed by atoms with Gasteiger partial charge in [0.1, 0.15) is 5.75 Å². The maximum atomic E-state index is 10.4. The summed E-state index contributed by atoms with van der Waals surface area (Å²) in [7, 11) is 1.57. The third kappa shape index (κ3) is 4.44. The number of carboxylic acid groups (broad SMARTS) is 1. The van der Waals surface area contributed by atoms with Gasteiger partial charge in [-0.1, -0.05) is 23.2 Å². The molecule has 0 atom stereocenters. The Bertz CT molecular complexity index is 405. The molecule has 0 aliphatic carbocycles. The largest absolute Gasteiger partial charge is 0.496 e. The molecule has 1 N–H and O–H groups in total. The van der Waals surface area contributed by atoms with Crippen molar-refractivity contribution in [2.24, 2.45) is 0 Å². The van der Waals surface area contributed by atoms with E-state index < -0.39 is 5.97 Å². The summed E-state index contributed by atoms with van der Waals surface area (Å²) in [4.78, 5) is 10.4. The van der Waals surface area contributed by atoms with Gasteiger partial charge in [-0.25, -0.2) is 0 Å². The van der Waals surface area contributed by atoms with Crippen LogP contribution in [0.5, 0.6) is 5.75 Å². The van der Waals surface area contributed by atoms with Crippen LogP contribution in [0.1, 0.15) is 24.8 Å². The van der Waals surface area contributed by atoms with Gasteiger partial charge in [0.05, 0.1) is 17.2 Å². The van der Waals surface area contributed by atoms with Crippen LogP contribution in [-0.4, -0.2) is 18.2 Å². The van der Waals surface area contributed by atoms with Crippen molar-refractivity contribution < 1.29 is 14.6 Å². The van der Waals surface area contributed by atoms with Crippen molar-refractivity contribution in [3.63, 3.8) is 0 Å². The van der Waals surface area contributed by atoms with Gasteiger partial charge in [0.25, 0.3) is 0 Å². The Kier molecular flexibility index (Phi) is 5.59. The fourth-order valence-corrected chi connectivity index (χ4v) is 1.89. The topological polar surface area (TPSA) is 46.5 Å². The van der Waals surface area contributed by atoms with Crippen LogP contribution in [-0.2, 0) is 11.2 Å². The molecule has 0 amide bonds. The van der Waals surface area contributed by atoms with E-state index in [-0.39, 0.29) is 6.42 Å². The van der Waals surface area contributed by atoms with Gasteiger partial charge in [-0.15, -0.1) is 0 Å². The van der Waals surface area contributed by atoms with E-state index in [0.717, 1.165) is 18.4 Å². The quantitative estimate of drug-likeness (QED) is 0.804. The molecule has 0 saturated heterocycles. The molecule has 0 spiro atoms. The molecule has 0 aromatic heterocycles. The molecule has 3 nitrogen and oxygen atoms in total. The van der Waals surface area contributed by atoms with Crippen LogP contribution in [0.3, 0.4) is 0 Å². The molecule has 1 rings (SSSR count). The lowest BCUT2D eigenvalue weighted by Gasteiger charge is -2.09. The van der Waals surface area contributed by atoms with Crippen LogP contribution in [0.25, 0.3) is 0 Å². The van der Waals surface area contributed by atoms with E-state index in [0.29, 0.717) is 22.2 Å². The third-order valence-corrected chi connectivity index (χ3v) is 3.13. The molecule has 1 aromatic rings. The third-order valence-electron chi connectivity index (χ3n) is 2.41. The van der Waals surface area contributed by atoms with Crippen LogP contribution in [0.2, 0.25) is 10.0 Å². The summed E-state index contributed by atoms with van der Waals surface area (Å²) in [6.45, 7) is 0. The van der Waals surface area contributed by atoms with Crippen LogP contribution >= 0.6 is 23.2 Å². The smallest absolute Gasteiger partial charge is 0.303 e. The minimum absolute atomic E-state index is 0.184. The maximum absolute atomic E-state index is 10.4. The average molecular weight is 277 g/mol. The van der Waals surface area contributed by atoms with E-state index in [2.05, 4.69) is 0 Å². The van der Waals surface area contributed by atoms with E-state index in [9.17, 15) is 4.79 Å². The van der Waals surface area contributed by atoms with Gasteiger partial charge in [0.15, 0.2) is 0 Å². The highest BCUT2D eigenvalue weighted by molar-refractivity contribution is 6.42. The molecule has 0 bridgehead atoms. The van der Waals surface area contributed by atoms with Crippen molar-refractivity contribution in [1.82, 2.24) is 0 Å². The Hall–Kier alpha value is -0.930. The molecule has 0 aliphatic heterocycles. The zero-order valence-electron chi connectivity index (χ0n) is 9.50. The molecule has 1 aromatic carbocycles. The van der Waals surface area contributed by atoms with Crippen molar-refractivity contribution in [1.29, 1.82) is 0 Å². The lowest BCUT2D eigenvalue weighted by atomic mass is 10.1. The highest BCUT2D eigenvalue weighted by atomic mass is 35.5. The Morgan fingerprint density at radius 2 is 1.94 bits per heavy atom. The number of ether oxygens (including phenoxy) is 1. The summed E-state index contributed by atoms with van der Waals surface area (Å²) in [6.07, 6.45) is 2.33. The fourth-order valence-electron chi connectivity index (χ4n) is 1.55. The molecule has 94 valence electrons. The summed E-state index contributed by atoms with van der Waals surface area (Å²) in [5.74, 6) is -0.0826. The summed E-state index contributed by atoms with van der Waals surface area (Å²) < 4.78 is 5.20. The van der Waals surface area contributed by atoms with Gasteiger partial charge in [-0.2, -0.15) is 0 Å². The number of carboxylic acids is 1. The molecule has 5 heteroatoms. The normalized spacial score (nSPS) is 10.3. The van der Waals surface area contributed by atoms with Crippen LogP contribution < -0.4 is 4.74 Å². The zero-order valence-corrected chi connectivity index (χ0v) is 11.0. The Balaban J connectivity index is 2.63. The Morgan fingerprint density at radius 3 is 2.53 bits per heavy atom. The highest BCUT2D eigenvalue weighted by Gasteiger charge is 2.08. The lowest BCUT2D eigenvalue weighted by molar-refractivity contribution is -0.137. The minimum atomic E-state index is -0.772. The highest BCUT2D eigenvalue weighted by Crippen LogP contribution is 2.31. The van der Waals surface area contributed by atoms with Gasteiger partial charge in [-0.3, -0.25) is 4.79 Å². The van der Waals surface area contributed by atoms with Crippen molar-refractivity contribution >= 4 is 29.2 Å². The van der Waals surface area contributed by atoms with Gasteiger partial charge in [0, 0.05) is 12.5 Å². The zero-order chi connectivity index (χ0) is 12.8. The summed E-state index contributed by atoms with van der Waals surface area (Å²) in [5.41, 5.74) is 0.951. The van der Waals surface area contributed by atoms with Gasteiger partial charge >= 0.3 is 5.97 Å². The first kappa shape index (κ1) is 14.1. The molecule has 0 fully saturated rings. The van der Waals surface area contributed by atoms with Crippen LogP contribution in [0.4, 0.5) is 0 Å². The summed E-state index contributed by atoms with van der Waals surface area (Å²) in [6, 6.07) is 3.44. The predicted octanol–water partition coefficient (Wildman–Crippen LogP) is 3.80. The number of methoxy groups -OCH3 is 1. The second-order valence-corrected chi connectivity index (χ2v) is 4.49. The minimum Gasteiger partial charge on any atom is -0.496 e. The predicted molar refractivity (Wildman–Crippen MR) is 68.2 cm³/mol. The number of hydrogen-bond acceptors (Lipinski definition) is 2. The molecule has 0 aliphatic rings. The van der Waals surface area contributed by atoms with E-state index in [1.807, 2.05) is 0 Å². The van der Waals surface area contributed by atoms with Crippen molar-refractivity contribution in [3.8, 4) is 5.75 Å². The first-order valence-electron chi connectivity index (χ1n) is 5.28. The van der Waals surface area contributed by atoms with E-state index in [4.69, 9.17) is 33.0 Å². The maximum Gasteiger partial charge on any atom is 0.303 e. The number of rotatable bonds is 6. The number of hydrogen-bond donors (Lipinski definition) is 1. The first-order valence-corrected chi connectivity index (χ1v) is 6.04. The Labute approximate surface area is 110 Å². The van der Waals surface area contributed by atoms with Crippen LogP contribution in [0.15, 0.2) is 12.1 Å². The molecule has 0 radical (unpaired) electrons. The van der Waals surface area contributed by atoms with Crippen molar-refractivity contribution in [2.75, 3.05) is 7.11 Å². The standard InChI is InChI=1S/C12H14Cl2O3/c1-17-11-7-10(14)9(13)6-8(11)4-2-3-5-12(15)16/h6-7H,2-5H2,1H3,(H,15,16). The number of aryl methyl sites for hydroxylation is 1. The molecular formula is C12H14Cl2O3.